The van der Waals surface area contributed by atoms with Crippen LogP contribution in [0.5, 0.6) is 0 Å². The minimum atomic E-state index is -0.357. The topological polar surface area (TPSA) is 43.8 Å². The van der Waals surface area contributed by atoms with E-state index < -0.39 is 0 Å². The van der Waals surface area contributed by atoms with Crippen molar-refractivity contribution in [2.24, 2.45) is 18.9 Å². The molecule has 0 aromatic carbocycles. The largest absolute Gasteiger partial charge is 0.381 e. The highest BCUT2D eigenvalue weighted by Gasteiger charge is 2.27. The molecule has 0 spiro atoms. The molecule has 0 saturated carbocycles. The van der Waals surface area contributed by atoms with Crippen molar-refractivity contribution >= 4 is 5.82 Å². The Morgan fingerprint density at radius 1 is 1.20 bits per heavy atom. The zero-order valence-corrected chi connectivity index (χ0v) is 10.1. The van der Waals surface area contributed by atoms with Gasteiger partial charge in [-0.2, -0.15) is 5.10 Å². The molecule has 0 bridgehead atoms. The van der Waals surface area contributed by atoms with Gasteiger partial charge in [-0.15, -0.1) is 0 Å². The van der Waals surface area contributed by atoms with E-state index >= 15 is 0 Å². The summed E-state index contributed by atoms with van der Waals surface area (Å²) in [7, 11) is 1.67. The number of nitrogens with zero attached hydrogens (tertiary/aromatic N) is 2. The lowest BCUT2D eigenvalue weighted by atomic mass is 9.83. The van der Waals surface area contributed by atoms with Crippen LogP contribution in [0, 0.1) is 17.7 Å². The summed E-state index contributed by atoms with van der Waals surface area (Å²) in [5.41, 5.74) is 6.07. The molecule has 2 N–H and O–H groups in total. The Morgan fingerprint density at radius 2 is 1.67 bits per heavy atom. The molecule has 0 radical (unpaired) electrons. The second kappa shape index (κ2) is 4.21. The third-order valence-corrected chi connectivity index (χ3v) is 2.81. The van der Waals surface area contributed by atoms with Gasteiger partial charge in [0.15, 0.2) is 11.6 Å². The van der Waals surface area contributed by atoms with Crippen LogP contribution in [-0.2, 0) is 7.05 Å². The van der Waals surface area contributed by atoms with E-state index in [1.165, 1.54) is 4.68 Å². The number of anilines is 1. The number of hydrogen-bond acceptors (Lipinski definition) is 2. The van der Waals surface area contributed by atoms with Gasteiger partial charge in [-0.25, -0.2) is 4.39 Å². The lowest BCUT2D eigenvalue weighted by molar-refractivity contribution is 0.366. The number of halogens is 1. The number of aromatic nitrogens is 2. The maximum absolute atomic E-state index is 13.8. The molecule has 0 fully saturated rings. The van der Waals surface area contributed by atoms with Gasteiger partial charge in [-0.1, -0.05) is 27.7 Å². The Hall–Kier alpha value is -1.06. The average Bonchev–Trinajstić information content (AvgIpc) is 2.33. The molecule has 86 valence electrons. The van der Waals surface area contributed by atoms with Gasteiger partial charge in [0.1, 0.15) is 5.69 Å². The van der Waals surface area contributed by atoms with E-state index in [1.807, 2.05) is 0 Å². The predicted molar refractivity (Wildman–Crippen MR) is 60.0 cm³/mol. The minimum Gasteiger partial charge on any atom is -0.381 e. The number of aryl methyl sites for hydroxylation is 1. The quantitative estimate of drug-likeness (QED) is 0.838. The first-order valence-corrected chi connectivity index (χ1v) is 5.34. The van der Waals surface area contributed by atoms with Crippen molar-refractivity contribution in [2.45, 2.75) is 33.6 Å². The second-order valence-corrected chi connectivity index (χ2v) is 4.72. The van der Waals surface area contributed by atoms with Crippen LogP contribution >= 0.6 is 0 Å². The number of nitrogen functional groups attached to an aromatic ring is 1. The Morgan fingerprint density at radius 3 is 1.93 bits per heavy atom. The average molecular weight is 213 g/mol. The lowest BCUT2D eigenvalue weighted by Gasteiger charge is -2.22. The highest BCUT2D eigenvalue weighted by Crippen LogP contribution is 2.33. The summed E-state index contributed by atoms with van der Waals surface area (Å²) >= 11 is 0. The van der Waals surface area contributed by atoms with Crippen LogP contribution in [0.2, 0.25) is 0 Å². The number of nitrogens with two attached hydrogens (primary N) is 1. The van der Waals surface area contributed by atoms with Crippen molar-refractivity contribution in [1.29, 1.82) is 0 Å². The van der Waals surface area contributed by atoms with Crippen LogP contribution in [0.4, 0.5) is 10.2 Å². The minimum absolute atomic E-state index is 0.119. The third-order valence-electron chi connectivity index (χ3n) is 2.81. The standard InChI is InChI=1S/C11H20FN3/c1-6(2)8(7(3)4)10-9(12)11(13)15(5)14-10/h6-8H,13H2,1-5H3. The Bertz CT molecular complexity index is 334. The molecule has 1 aromatic rings. The summed E-state index contributed by atoms with van der Waals surface area (Å²) in [5.74, 6) is 0.595. The van der Waals surface area contributed by atoms with Gasteiger partial charge < -0.3 is 5.73 Å². The van der Waals surface area contributed by atoms with Gasteiger partial charge in [-0.3, -0.25) is 4.68 Å². The van der Waals surface area contributed by atoms with Crippen molar-refractivity contribution < 1.29 is 4.39 Å². The molecule has 0 aliphatic rings. The van der Waals surface area contributed by atoms with Gasteiger partial charge in [0.05, 0.1) is 0 Å². The summed E-state index contributed by atoms with van der Waals surface area (Å²) < 4.78 is 15.2. The molecule has 1 heterocycles. The molecule has 0 saturated heterocycles. The summed E-state index contributed by atoms with van der Waals surface area (Å²) in [6, 6.07) is 0. The van der Waals surface area contributed by atoms with Crippen molar-refractivity contribution in [3.8, 4) is 0 Å². The first-order chi connectivity index (χ1) is 6.86. The highest BCUT2D eigenvalue weighted by molar-refractivity contribution is 5.35. The van der Waals surface area contributed by atoms with Crippen molar-refractivity contribution in [3.05, 3.63) is 11.5 Å². The van der Waals surface area contributed by atoms with Gasteiger partial charge in [-0.05, 0) is 11.8 Å². The fraction of sp³-hybridized carbons (Fsp3) is 0.727. The van der Waals surface area contributed by atoms with Gasteiger partial charge in [0.2, 0.25) is 0 Å². The van der Waals surface area contributed by atoms with Crippen LogP contribution in [0.3, 0.4) is 0 Å². The van der Waals surface area contributed by atoms with Crippen LogP contribution in [-0.4, -0.2) is 9.78 Å². The van der Waals surface area contributed by atoms with Gasteiger partial charge in [0.25, 0.3) is 0 Å². The van der Waals surface area contributed by atoms with E-state index in [1.54, 1.807) is 7.05 Å². The fourth-order valence-electron chi connectivity index (χ4n) is 2.15. The van der Waals surface area contributed by atoms with Gasteiger partial charge in [0, 0.05) is 13.0 Å². The Kier molecular flexibility index (Phi) is 3.37. The van der Waals surface area contributed by atoms with Gasteiger partial charge >= 0.3 is 0 Å². The van der Waals surface area contributed by atoms with Crippen LogP contribution < -0.4 is 5.73 Å². The Labute approximate surface area is 90.5 Å². The maximum atomic E-state index is 13.8. The first kappa shape index (κ1) is 12.0. The normalized spacial score (nSPS) is 12.1. The maximum Gasteiger partial charge on any atom is 0.188 e. The van der Waals surface area contributed by atoms with Crippen LogP contribution in [0.15, 0.2) is 0 Å². The summed E-state index contributed by atoms with van der Waals surface area (Å²) in [6.45, 7) is 8.31. The van der Waals surface area contributed by atoms with Crippen molar-refractivity contribution in [1.82, 2.24) is 9.78 Å². The molecule has 15 heavy (non-hydrogen) atoms. The molecular weight excluding hydrogens is 193 g/mol. The van der Waals surface area contributed by atoms with Crippen molar-refractivity contribution in [2.75, 3.05) is 5.73 Å². The second-order valence-electron chi connectivity index (χ2n) is 4.72. The number of rotatable bonds is 3. The smallest absolute Gasteiger partial charge is 0.188 e. The SMILES string of the molecule is CC(C)C(c1nn(C)c(N)c1F)C(C)C. The van der Waals surface area contributed by atoms with Crippen LogP contribution in [0.1, 0.15) is 39.3 Å². The molecule has 0 amide bonds. The molecule has 3 nitrogen and oxygen atoms in total. The van der Waals surface area contributed by atoms with E-state index in [0.717, 1.165) is 0 Å². The lowest BCUT2D eigenvalue weighted by Crippen LogP contribution is -2.15. The summed E-state index contributed by atoms with van der Waals surface area (Å²) in [6.07, 6.45) is 0. The van der Waals surface area contributed by atoms with Crippen molar-refractivity contribution in [3.63, 3.8) is 0 Å². The van der Waals surface area contributed by atoms with E-state index in [9.17, 15) is 4.39 Å². The monoisotopic (exact) mass is 213 g/mol. The van der Waals surface area contributed by atoms with E-state index in [0.29, 0.717) is 17.5 Å². The Balaban J connectivity index is 3.17. The molecule has 0 atom stereocenters. The molecule has 0 unspecified atom stereocenters. The molecule has 1 aromatic heterocycles. The van der Waals surface area contributed by atoms with Crippen LogP contribution in [0.25, 0.3) is 0 Å². The van der Waals surface area contributed by atoms with E-state index in [4.69, 9.17) is 5.73 Å². The first-order valence-electron chi connectivity index (χ1n) is 5.34. The summed E-state index contributed by atoms with van der Waals surface area (Å²) in [4.78, 5) is 0. The number of hydrogen-bond donors (Lipinski definition) is 1. The predicted octanol–water partition coefficient (Wildman–Crippen LogP) is 2.54. The molecule has 0 aliphatic heterocycles. The zero-order valence-electron chi connectivity index (χ0n) is 10.1. The molecule has 4 heteroatoms. The fourth-order valence-corrected chi connectivity index (χ4v) is 2.15. The molecule has 0 aliphatic carbocycles. The summed E-state index contributed by atoms with van der Waals surface area (Å²) in [5, 5.41) is 4.17. The third kappa shape index (κ3) is 2.13. The van der Waals surface area contributed by atoms with E-state index in [2.05, 4.69) is 32.8 Å². The molecule has 1 rings (SSSR count). The zero-order chi connectivity index (χ0) is 11.7. The molecular formula is C11H20FN3. The van der Waals surface area contributed by atoms with E-state index in [-0.39, 0.29) is 17.6 Å². The highest BCUT2D eigenvalue weighted by atomic mass is 19.1.